The van der Waals surface area contributed by atoms with Gasteiger partial charge in [0.25, 0.3) is 0 Å². The maximum absolute atomic E-state index is 14.5. The summed E-state index contributed by atoms with van der Waals surface area (Å²) in [5, 5.41) is 3.03. The number of nitrogens with one attached hydrogen (secondary N) is 1. The number of benzene rings is 1. The second-order valence-electron chi connectivity index (χ2n) is 8.59. The summed E-state index contributed by atoms with van der Waals surface area (Å²) in [7, 11) is 3.89. The molecule has 7 heteroatoms. The molecule has 1 aromatic heterocycles. The predicted molar refractivity (Wildman–Crippen MR) is 115 cm³/mol. The summed E-state index contributed by atoms with van der Waals surface area (Å²) in [6.07, 6.45) is 7.18. The quantitative estimate of drug-likeness (QED) is 0.818. The molecule has 2 fully saturated rings. The Bertz CT molecular complexity index is 897. The van der Waals surface area contributed by atoms with Gasteiger partial charge in [-0.25, -0.2) is 9.37 Å². The molecular weight excluding hydrogens is 381 g/mol. The Morgan fingerprint density at radius 2 is 2.00 bits per heavy atom. The average molecular weight is 412 g/mol. The Kier molecular flexibility index (Phi) is 5.99. The molecule has 1 unspecified atom stereocenters. The first-order valence-electron chi connectivity index (χ1n) is 10.8. The molecule has 3 heterocycles. The average Bonchev–Trinajstić information content (AvgIpc) is 3.26. The number of aromatic nitrogens is 2. The molecule has 2 aromatic rings. The fraction of sp³-hybridized carbons (Fsp3) is 0.522. The van der Waals surface area contributed by atoms with Crippen LogP contribution in [0.5, 0.6) is 0 Å². The van der Waals surface area contributed by atoms with Gasteiger partial charge in [-0.15, -0.1) is 0 Å². The second-order valence-corrected chi connectivity index (χ2v) is 8.59. The number of halogens is 1. The van der Waals surface area contributed by atoms with Crippen LogP contribution in [0.25, 0.3) is 0 Å². The van der Waals surface area contributed by atoms with Crippen molar-refractivity contribution in [2.24, 2.45) is 5.41 Å². The first kappa shape index (κ1) is 20.7. The molecule has 1 atom stereocenters. The normalized spacial score (nSPS) is 21.6. The third-order valence-electron chi connectivity index (χ3n) is 6.65. The number of carbonyl (C=O) groups is 1. The van der Waals surface area contributed by atoms with Crippen LogP contribution < -0.4 is 5.32 Å². The molecule has 160 valence electrons. The van der Waals surface area contributed by atoms with Crippen molar-refractivity contribution in [1.82, 2.24) is 19.8 Å². The number of hydrogen-bond acceptors (Lipinski definition) is 5. The van der Waals surface area contributed by atoms with Crippen molar-refractivity contribution < 1.29 is 9.18 Å². The smallest absolute Gasteiger partial charge is 0.229 e. The maximum atomic E-state index is 14.5. The lowest BCUT2D eigenvalue weighted by Gasteiger charge is -2.43. The van der Waals surface area contributed by atoms with Crippen LogP contribution in [-0.4, -0.2) is 59.4 Å². The van der Waals surface area contributed by atoms with Crippen LogP contribution in [0.4, 0.5) is 10.2 Å². The molecule has 0 radical (unpaired) electrons. The van der Waals surface area contributed by atoms with E-state index >= 15 is 0 Å². The predicted octanol–water partition coefficient (Wildman–Crippen LogP) is 3.28. The lowest BCUT2D eigenvalue weighted by molar-refractivity contribution is -0.146. The Morgan fingerprint density at radius 1 is 1.23 bits per heavy atom. The Morgan fingerprint density at radius 3 is 2.73 bits per heavy atom. The van der Waals surface area contributed by atoms with E-state index < -0.39 is 5.41 Å². The van der Waals surface area contributed by atoms with Crippen LogP contribution in [0.3, 0.4) is 0 Å². The van der Waals surface area contributed by atoms with Crippen LogP contribution in [0.2, 0.25) is 0 Å². The van der Waals surface area contributed by atoms with Crippen molar-refractivity contribution in [2.45, 2.75) is 38.1 Å². The van der Waals surface area contributed by atoms with Crippen LogP contribution in [0, 0.1) is 11.2 Å². The molecule has 6 nitrogen and oxygen atoms in total. The number of anilines is 1. The number of nitrogens with zero attached hydrogens (tertiary/aromatic N) is 4. The molecule has 2 aliphatic rings. The van der Waals surface area contributed by atoms with E-state index in [1.54, 1.807) is 18.5 Å². The summed E-state index contributed by atoms with van der Waals surface area (Å²) >= 11 is 0. The number of rotatable bonds is 5. The molecule has 0 aliphatic carbocycles. The van der Waals surface area contributed by atoms with Crippen molar-refractivity contribution in [3.8, 4) is 0 Å². The molecule has 1 N–H and O–H groups in total. The first-order valence-corrected chi connectivity index (χ1v) is 10.8. The van der Waals surface area contributed by atoms with Gasteiger partial charge in [0, 0.05) is 13.6 Å². The number of carbonyl (C=O) groups excluding carboxylic acids is 1. The lowest BCUT2D eigenvalue weighted by atomic mass is 9.72. The van der Waals surface area contributed by atoms with E-state index in [4.69, 9.17) is 0 Å². The molecule has 0 saturated carbocycles. The minimum Gasteiger partial charge on any atom is -0.372 e. The highest BCUT2D eigenvalue weighted by Crippen LogP contribution is 2.42. The minimum absolute atomic E-state index is 0.0737. The molecule has 4 rings (SSSR count). The van der Waals surface area contributed by atoms with E-state index in [2.05, 4.69) is 27.2 Å². The number of likely N-dealkylation sites (tertiary alicyclic amines) is 2. The first-order chi connectivity index (χ1) is 14.5. The molecule has 2 saturated heterocycles. The monoisotopic (exact) mass is 411 g/mol. The van der Waals surface area contributed by atoms with E-state index in [-0.39, 0.29) is 17.8 Å². The van der Waals surface area contributed by atoms with Crippen LogP contribution in [0.1, 0.15) is 43.0 Å². The minimum atomic E-state index is -0.578. The molecule has 1 amide bonds. The summed E-state index contributed by atoms with van der Waals surface area (Å²) < 4.78 is 14.5. The van der Waals surface area contributed by atoms with Gasteiger partial charge in [-0.05, 0) is 63.9 Å². The number of amides is 1. The van der Waals surface area contributed by atoms with Crippen LogP contribution in [0.15, 0.2) is 36.7 Å². The van der Waals surface area contributed by atoms with Gasteiger partial charge in [0.1, 0.15) is 11.6 Å². The van der Waals surface area contributed by atoms with Crippen molar-refractivity contribution in [3.05, 3.63) is 53.7 Å². The molecule has 30 heavy (non-hydrogen) atoms. The molecular formula is C23H30FN5O. The zero-order valence-electron chi connectivity index (χ0n) is 17.8. The Balaban J connectivity index is 1.64. The van der Waals surface area contributed by atoms with Crippen molar-refractivity contribution >= 4 is 11.7 Å². The Hall–Kier alpha value is -2.54. The fourth-order valence-electron chi connectivity index (χ4n) is 4.80. The van der Waals surface area contributed by atoms with Crippen molar-refractivity contribution in [1.29, 1.82) is 0 Å². The maximum Gasteiger partial charge on any atom is 0.229 e. The van der Waals surface area contributed by atoms with Gasteiger partial charge in [-0.2, -0.15) is 0 Å². The summed E-state index contributed by atoms with van der Waals surface area (Å²) in [6.45, 7) is 2.39. The third kappa shape index (κ3) is 4.03. The Labute approximate surface area is 177 Å². The molecule has 1 aromatic carbocycles. The SMILES string of the molecule is CNc1cncc(C2CCCN2C(=O)C2(Cc3ccccc3F)CCN(C)CC2)n1. The summed E-state index contributed by atoms with van der Waals surface area (Å²) in [5.41, 5.74) is 0.871. The lowest BCUT2D eigenvalue weighted by Crippen LogP contribution is -2.50. The topological polar surface area (TPSA) is 61.4 Å². The van der Waals surface area contributed by atoms with E-state index in [1.807, 2.05) is 24.1 Å². The van der Waals surface area contributed by atoms with Gasteiger partial charge in [0.15, 0.2) is 0 Å². The van der Waals surface area contributed by atoms with Crippen molar-refractivity contribution in [3.63, 3.8) is 0 Å². The summed E-state index contributed by atoms with van der Waals surface area (Å²) in [4.78, 5) is 27.2. The standard InChI is InChI=1S/C23H30FN5O/c1-25-21-16-26-15-19(27-21)20-8-5-11-29(20)22(30)23(9-12-28(2)13-10-23)14-17-6-3-4-7-18(17)24/h3-4,6-7,15-16,20H,5,8-14H2,1-2H3,(H,25,27). The van der Waals surface area contributed by atoms with Crippen molar-refractivity contribution in [2.75, 3.05) is 39.0 Å². The van der Waals surface area contributed by atoms with Gasteiger partial charge < -0.3 is 15.1 Å². The number of hydrogen-bond donors (Lipinski definition) is 1. The largest absolute Gasteiger partial charge is 0.372 e. The van der Waals surface area contributed by atoms with Gasteiger partial charge in [0.2, 0.25) is 5.91 Å². The van der Waals surface area contributed by atoms with E-state index in [1.165, 1.54) is 6.07 Å². The molecule has 0 spiro atoms. The fourth-order valence-corrected chi connectivity index (χ4v) is 4.80. The second kappa shape index (κ2) is 8.68. The zero-order valence-corrected chi connectivity index (χ0v) is 17.8. The highest BCUT2D eigenvalue weighted by atomic mass is 19.1. The summed E-state index contributed by atoms with van der Waals surface area (Å²) in [5.74, 6) is 0.610. The van der Waals surface area contributed by atoms with Gasteiger partial charge in [0.05, 0.1) is 29.5 Å². The highest BCUT2D eigenvalue weighted by molar-refractivity contribution is 5.84. The van der Waals surface area contributed by atoms with E-state index in [0.717, 1.165) is 44.5 Å². The van der Waals surface area contributed by atoms with Gasteiger partial charge in [-0.1, -0.05) is 18.2 Å². The highest BCUT2D eigenvalue weighted by Gasteiger charge is 2.46. The van der Waals surface area contributed by atoms with Gasteiger partial charge >= 0.3 is 0 Å². The number of piperidine rings is 1. The summed E-state index contributed by atoms with van der Waals surface area (Å²) in [6, 6.07) is 6.77. The molecule has 2 aliphatic heterocycles. The van der Waals surface area contributed by atoms with Gasteiger partial charge in [-0.3, -0.25) is 9.78 Å². The van der Waals surface area contributed by atoms with E-state index in [0.29, 0.717) is 24.3 Å². The molecule has 0 bridgehead atoms. The van der Waals surface area contributed by atoms with Crippen LogP contribution in [-0.2, 0) is 11.2 Å². The third-order valence-corrected chi connectivity index (χ3v) is 6.65. The van der Waals surface area contributed by atoms with E-state index in [9.17, 15) is 9.18 Å². The van der Waals surface area contributed by atoms with Crippen LogP contribution >= 0.6 is 0 Å². The zero-order chi connectivity index (χ0) is 21.1.